The van der Waals surface area contributed by atoms with Gasteiger partial charge in [0.15, 0.2) is 7.28 Å². The lowest BCUT2D eigenvalue weighted by molar-refractivity contribution is 1.29. The van der Waals surface area contributed by atoms with E-state index >= 15 is 0 Å². The van der Waals surface area contributed by atoms with Crippen LogP contribution >= 0.6 is 0 Å². The summed E-state index contributed by atoms with van der Waals surface area (Å²) in [6, 6.07) is 8.65. The molecule has 0 atom stereocenters. The van der Waals surface area contributed by atoms with E-state index in [1.807, 2.05) is 0 Å². The van der Waals surface area contributed by atoms with E-state index in [1.165, 1.54) is 23.0 Å². The number of rotatable bonds is 0. The molecule has 1 aromatic rings. The van der Waals surface area contributed by atoms with Gasteiger partial charge in [-0.05, 0) is 17.5 Å². The Morgan fingerprint density at radius 3 is 3.00 bits per heavy atom. The van der Waals surface area contributed by atoms with Crippen molar-refractivity contribution in [2.75, 3.05) is 0 Å². The summed E-state index contributed by atoms with van der Waals surface area (Å²) in [7, 11) is 2.28. The molecule has 45 valence electrons. The van der Waals surface area contributed by atoms with Crippen LogP contribution in [0.3, 0.4) is 0 Å². The second-order valence-electron chi connectivity index (χ2n) is 2.92. The molecule has 1 heterocycles. The Morgan fingerprint density at radius 1 is 1.20 bits per heavy atom. The van der Waals surface area contributed by atoms with Gasteiger partial charge in [0.25, 0.3) is 0 Å². The lowest BCUT2D eigenvalue weighted by Crippen LogP contribution is -1.89. The Balaban J connectivity index is 2.30. The molecule has 1 aliphatic carbocycles. The average molecular weight is 125 g/mol. The molecule has 0 amide bonds. The van der Waals surface area contributed by atoms with Crippen molar-refractivity contribution < 1.29 is 0 Å². The zero-order chi connectivity index (χ0) is 6.55. The van der Waals surface area contributed by atoms with E-state index in [4.69, 9.17) is 0 Å². The Kier molecular flexibility index (Phi) is 0.653. The van der Waals surface area contributed by atoms with Gasteiger partial charge in [-0.1, -0.05) is 29.7 Å². The van der Waals surface area contributed by atoms with Crippen LogP contribution < -0.4 is 0 Å². The quantitative estimate of drug-likeness (QED) is 0.462. The van der Waals surface area contributed by atoms with Gasteiger partial charge in [-0.25, -0.2) is 0 Å². The molecule has 0 spiro atoms. The van der Waals surface area contributed by atoms with Gasteiger partial charge < -0.3 is 0 Å². The molecular weight excluding hydrogens is 119 g/mol. The zero-order valence-electron chi connectivity index (χ0n) is 5.59. The lowest BCUT2D eigenvalue weighted by atomic mass is 9.81. The first-order valence-electron chi connectivity index (χ1n) is 3.61. The SMILES string of the molecule is [B]1C2=C1c1ccccc1C2. The van der Waals surface area contributed by atoms with Crippen LogP contribution in [0.5, 0.6) is 0 Å². The first kappa shape index (κ1) is 4.78. The summed E-state index contributed by atoms with van der Waals surface area (Å²) in [6.07, 6.45) is 1.19. The predicted octanol–water partition coefficient (Wildman–Crippen LogP) is 1.63. The van der Waals surface area contributed by atoms with Gasteiger partial charge in [-0.3, -0.25) is 0 Å². The van der Waals surface area contributed by atoms with Crippen LogP contribution in [0.15, 0.2) is 29.7 Å². The molecule has 0 unspecified atom stereocenters. The summed E-state index contributed by atoms with van der Waals surface area (Å²) >= 11 is 0. The number of benzene rings is 1. The van der Waals surface area contributed by atoms with E-state index in [-0.39, 0.29) is 0 Å². The predicted molar refractivity (Wildman–Crippen MR) is 42.8 cm³/mol. The average Bonchev–Trinajstić information content (AvgIpc) is 2.64. The van der Waals surface area contributed by atoms with Gasteiger partial charge in [0.05, 0.1) is 0 Å². The molecule has 0 saturated carbocycles. The normalized spacial score (nSPS) is 18.0. The van der Waals surface area contributed by atoms with Gasteiger partial charge in [-0.2, -0.15) is 0 Å². The number of allylic oxidation sites excluding steroid dienone is 1. The molecule has 1 radical (unpaired) electrons. The molecule has 0 N–H and O–H groups in total. The molecule has 1 heteroatoms. The summed E-state index contributed by atoms with van der Waals surface area (Å²) in [5.41, 5.74) is 6.05. The number of fused-ring (bicyclic) bond motifs is 2. The van der Waals surface area contributed by atoms with E-state index in [0.717, 1.165) is 0 Å². The standard InChI is InChI=1S/C9H6B/c1-2-4-7-6(3-1)5-8-9(7)10-8/h1-4H,5H2. The Bertz CT molecular complexity index is 336. The summed E-state index contributed by atoms with van der Waals surface area (Å²) in [5.74, 6) is 0. The summed E-state index contributed by atoms with van der Waals surface area (Å²) in [6.45, 7) is 0. The molecule has 0 saturated heterocycles. The maximum absolute atomic E-state index is 2.28. The maximum Gasteiger partial charge on any atom is 0.185 e. The van der Waals surface area contributed by atoms with Crippen LogP contribution in [0.2, 0.25) is 0 Å². The minimum absolute atomic E-state index is 1.19. The van der Waals surface area contributed by atoms with Crippen molar-refractivity contribution in [2.24, 2.45) is 0 Å². The van der Waals surface area contributed by atoms with Crippen molar-refractivity contribution in [3.05, 3.63) is 40.9 Å². The first-order chi connectivity index (χ1) is 4.95. The summed E-state index contributed by atoms with van der Waals surface area (Å²) in [4.78, 5) is 0. The largest absolute Gasteiger partial charge is 0.185 e. The molecular formula is C9H6B. The molecule has 10 heavy (non-hydrogen) atoms. The van der Waals surface area contributed by atoms with E-state index in [1.54, 1.807) is 5.47 Å². The molecule has 2 aliphatic rings. The van der Waals surface area contributed by atoms with Crippen molar-refractivity contribution in [1.82, 2.24) is 0 Å². The number of hydrogen-bond acceptors (Lipinski definition) is 0. The summed E-state index contributed by atoms with van der Waals surface area (Å²) < 4.78 is 0. The fourth-order valence-corrected chi connectivity index (χ4v) is 1.68. The highest BCUT2D eigenvalue weighted by Crippen LogP contribution is 2.41. The van der Waals surface area contributed by atoms with Crippen LogP contribution in [0.4, 0.5) is 0 Å². The molecule has 1 aromatic carbocycles. The molecule has 1 aliphatic heterocycles. The van der Waals surface area contributed by atoms with Crippen molar-refractivity contribution in [1.29, 1.82) is 0 Å². The molecule has 0 nitrogen and oxygen atoms in total. The Morgan fingerprint density at radius 2 is 2.10 bits per heavy atom. The van der Waals surface area contributed by atoms with Crippen molar-refractivity contribution >= 4 is 12.8 Å². The second kappa shape index (κ2) is 1.37. The monoisotopic (exact) mass is 125 g/mol. The van der Waals surface area contributed by atoms with Gasteiger partial charge in [0.2, 0.25) is 0 Å². The molecule has 3 rings (SSSR count). The second-order valence-corrected chi connectivity index (χ2v) is 2.92. The van der Waals surface area contributed by atoms with E-state index in [0.29, 0.717) is 0 Å². The number of hydrogen-bond donors (Lipinski definition) is 0. The minimum Gasteiger partial charge on any atom is -0.103 e. The lowest BCUT2D eigenvalue weighted by Gasteiger charge is -2.00. The summed E-state index contributed by atoms with van der Waals surface area (Å²) in [5, 5.41) is 0. The van der Waals surface area contributed by atoms with Crippen LogP contribution in [-0.2, 0) is 6.42 Å². The zero-order valence-corrected chi connectivity index (χ0v) is 5.59. The fourth-order valence-electron chi connectivity index (χ4n) is 1.68. The van der Waals surface area contributed by atoms with E-state index in [2.05, 4.69) is 31.5 Å². The highest BCUT2D eigenvalue weighted by atomic mass is 14.2. The van der Waals surface area contributed by atoms with Crippen molar-refractivity contribution in [3.8, 4) is 0 Å². The maximum atomic E-state index is 2.28. The molecule has 0 aromatic heterocycles. The van der Waals surface area contributed by atoms with Crippen molar-refractivity contribution in [2.45, 2.75) is 6.42 Å². The van der Waals surface area contributed by atoms with E-state index < -0.39 is 0 Å². The van der Waals surface area contributed by atoms with Crippen LogP contribution in [0, 0.1) is 0 Å². The minimum atomic E-state index is 1.19. The smallest absolute Gasteiger partial charge is 0.103 e. The van der Waals surface area contributed by atoms with Gasteiger partial charge >= 0.3 is 0 Å². The third-order valence-electron chi connectivity index (χ3n) is 2.27. The van der Waals surface area contributed by atoms with E-state index in [9.17, 15) is 0 Å². The van der Waals surface area contributed by atoms with Crippen LogP contribution in [-0.4, -0.2) is 7.28 Å². The third kappa shape index (κ3) is 0.442. The van der Waals surface area contributed by atoms with Gasteiger partial charge in [-0.15, -0.1) is 5.47 Å². The van der Waals surface area contributed by atoms with Gasteiger partial charge in [0.1, 0.15) is 0 Å². The first-order valence-corrected chi connectivity index (χ1v) is 3.61. The third-order valence-corrected chi connectivity index (χ3v) is 2.27. The highest BCUT2D eigenvalue weighted by molar-refractivity contribution is 6.84. The highest BCUT2D eigenvalue weighted by Gasteiger charge is 2.31. The topological polar surface area (TPSA) is 0 Å². The van der Waals surface area contributed by atoms with Crippen LogP contribution in [0.25, 0.3) is 5.47 Å². The Labute approximate surface area is 60.8 Å². The van der Waals surface area contributed by atoms with Crippen LogP contribution in [0.1, 0.15) is 11.1 Å². The van der Waals surface area contributed by atoms with Crippen molar-refractivity contribution in [3.63, 3.8) is 0 Å². The molecule has 0 bridgehead atoms. The fraction of sp³-hybridized carbons (Fsp3) is 0.111. The van der Waals surface area contributed by atoms with Gasteiger partial charge in [0, 0.05) is 0 Å². The Hall–Kier alpha value is -0.975. The molecule has 0 fully saturated rings.